The molecule has 8 heteroatoms. The smallest absolute Gasteiger partial charge is 0.410 e. The third kappa shape index (κ3) is 4.35. The molecule has 0 radical (unpaired) electrons. The maximum absolute atomic E-state index is 13.2. The fraction of sp³-hybridized carbons (Fsp3) is 0.522. The second kappa shape index (κ2) is 7.97. The molecule has 2 heterocycles. The summed E-state index contributed by atoms with van der Waals surface area (Å²) in [4.78, 5) is 28.7. The molecular formula is C23H30BrN5O2. The van der Waals surface area contributed by atoms with Crippen molar-refractivity contribution in [3.63, 3.8) is 0 Å². The Balaban J connectivity index is 1.68. The predicted molar refractivity (Wildman–Crippen MR) is 126 cm³/mol. The summed E-state index contributed by atoms with van der Waals surface area (Å²) in [7, 11) is 3.94. The van der Waals surface area contributed by atoms with E-state index in [9.17, 15) is 4.79 Å². The highest BCUT2D eigenvalue weighted by Crippen LogP contribution is 2.57. The lowest BCUT2D eigenvalue weighted by molar-refractivity contribution is 0.00974. The molecule has 31 heavy (non-hydrogen) atoms. The van der Waals surface area contributed by atoms with Gasteiger partial charge in [-0.05, 0) is 48.7 Å². The van der Waals surface area contributed by atoms with Crippen LogP contribution in [0.2, 0.25) is 0 Å². The zero-order valence-electron chi connectivity index (χ0n) is 18.8. The lowest BCUT2D eigenvalue weighted by Crippen LogP contribution is -2.59. The number of rotatable bonds is 3. The predicted octanol–water partition coefficient (Wildman–Crippen LogP) is 4.29. The summed E-state index contributed by atoms with van der Waals surface area (Å²) in [5.74, 6) is 1.93. The Morgan fingerprint density at radius 1 is 1.23 bits per heavy atom. The number of anilines is 2. The molecular weight excluding hydrogens is 458 g/mol. The summed E-state index contributed by atoms with van der Waals surface area (Å²) >= 11 is 3.47. The number of piperazine rings is 1. The van der Waals surface area contributed by atoms with Crippen LogP contribution < -0.4 is 9.80 Å². The van der Waals surface area contributed by atoms with E-state index in [1.165, 1.54) is 5.56 Å². The second-order valence-corrected chi connectivity index (χ2v) is 10.4. The van der Waals surface area contributed by atoms with Crippen molar-refractivity contribution in [2.75, 3.05) is 43.5 Å². The molecule has 7 nitrogen and oxygen atoms in total. The molecule has 2 aromatic rings. The summed E-state index contributed by atoms with van der Waals surface area (Å²) < 4.78 is 6.48. The third-order valence-corrected chi connectivity index (χ3v) is 6.27. The number of amides is 1. The maximum atomic E-state index is 13.2. The van der Waals surface area contributed by atoms with Gasteiger partial charge in [-0.15, -0.1) is 0 Å². The van der Waals surface area contributed by atoms with E-state index >= 15 is 0 Å². The molecule has 0 N–H and O–H groups in total. The molecule has 0 bridgehead atoms. The lowest BCUT2D eigenvalue weighted by Gasteiger charge is -2.44. The highest BCUT2D eigenvalue weighted by atomic mass is 79.9. The zero-order valence-corrected chi connectivity index (χ0v) is 20.4. The van der Waals surface area contributed by atoms with Gasteiger partial charge in [0.1, 0.15) is 10.2 Å². The lowest BCUT2D eigenvalue weighted by atomic mass is 10.0. The number of carbonyl (C=O) groups excluding carboxylic acids is 1. The van der Waals surface area contributed by atoms with Crippen LogP contribution in [0.5, 0.6) is 0 Å². The van der Waals surface area contributed by atoms with E-state index in [0.29, 0.717) is 24.2 Å². The van der Waals surface area contributed by atoms with Gasteiger partial charge in [-0.1, -0.05) is 30.3 Å². The molecule has 1 aromatic heterocycles. The second-order valence-electron chi connectivity index (χ2n) is 9.56. The zero-order chi connectivity index (χ0) is 22.4. The van der Waals surface area contributed by atoms with Gasteiger partial charge in [0, 0.05) is 39.6 Å². The van der Waals surface area contributed by atoms with Gasteiger partial charge >= 0.3 is 6.09 Å². The van der Waals surface area contributed by atoms with E-state index in [1.54, 1.807) is 6.20 Å². The van der Waals surface area contributed by atoms with E-state index in [1.807, 2.05) is 50.7 Å². The first kappa shape index (κ1) is 21.9. The van der Waals surface area contributed by atoms with E-state index in [2.05, 4.69) is 50.1 Å². The fourth-order valence-corrected chi connectivity index (χ4v) is 4.74. The van der Waals surface area contributed by atoms with Crippen molar-refractivity contribution >= 4 is 33.7 Å². The van der Waals surface area contributed by atoms with Crippen LogP contribution in [0.1, 0.15) is 38.7 Å². The van der Waals surface area contributed by atoms with Gasteiger partial charge in [0.05, 0.1) is 11.7 Å². The van der Waals surface area contributed by atoms with Crippen molar-refractivity contribution in [3.05, 3.63) is 46.7 Å². The average Bonchev–Trinajstić information content (AvgIpc) is 3.40. The molecule has 1 saturated heterocycles. The molecule has 1 saturated carbocycles. The number of aromatic nitrogens is 2. The molecule has 1 aliphatic heterocycles. The minimum absolute atomic E-state index is 0.237. The summed E-state index contributed by atoms with van der Waals surface area (Å²) in [5, 5.41) is 0. The normalized spacial score (nSPS) is 23.1. The first-order valence-electron chi connectivity index (χ1n) is 10.6. The van der Waals surface area contributed by atoms with E-state index in [-0.39, 0.29) is 17.6 Å². The molecule has 2 fully saturated rings. The summed E-state index contributed by atoms with van der Waals surface area (Å²) in [6.45, 7) is 7.69. The van der Waals surface area contributed by atoms with Gasteiger partial charge in [0.25, 0.3) is 0 Å². The monoisotopic (exact) mass is 487 g/mol. The SMILES string of the molecule is CN(C)c1ncc(Br)nc1N1CCN(C(=O)OC(C)(C)C)[C@@]2(C[C@@H]2c2ccccc2)C1. The van der Waals surface area contributed by atoms with Crippen LogP contribution in [-0.4, -0.2) is 65.8 Å². The van der Waals surface area contributed by atoms with Gasteiger partial charge in [-0.25, -0.2) is 14.8 Å². The van der Waals surface area contributed by atoms with Crippen LogP contribution in [0.15, 0.2) is 41.1 Å². The van der Waals surface area contributed by atoms with Crippen molar-refractivity contribution in [3.8, 4) is 0 Å². The van der Waals surface area contributed by atoms with Crippen molar-refractivity contribution in [2.45, 2.75) is 44.2 Å². The number of hydrogen-bond donors (Lipinski definition) is 0. The Kier molecular flexibility index (Phi) is 5.62. The minimum Gasteiger partial charge on any atom is -0.444 e. The molecule has 0 unspecified atom stereocenters. The van der Waals surface area contributed by atoms with Gasteiger partial charge in [-0.3, -0.25) is 4.90 Å². The standard InChI is InChI=1S/C23H30BrN5O2/c1-22(2,3)31-21(30)29-12-11-28(20-19(27(4)5)25-14-18(24)26-20)15-23(29)13-17(23)16-9-7-6-8-10-16/h6-10,14,17H,11-13,15H2,1-5H3/t17-,23+/m1/s1. The highest BCUT2D eigenvalue weighted by Gasteiger charge is 2.63. The molecule has 1 aromatic carbocycles. The summed E-state index contributed by atoms with van der Waals surface area (Å²) in [5.41, 5.74) is 0.418. The average molecular weight is 488 g/mol. The van der Waals surface area contributed by atoms with Crippen molar-refractivity contribution in [1.82, 2.24) is 14.9 Å². The Morgan fingerprint density at radius 3 is 2.58 bits per heavy atom. The maximum Gasteiger partial charge on any atom is 0.410 e. The topological polar surface area (TPSA) is 61.8 Å². The Labute approximate surface area is 192 Å². The minimum atomic E-state index is -0.527. The van der Waals surface area contributed by atoms with Crippen LogP contribution in [0.4, 0.5) is 16.4 Å². The van der Waals surface area contributed by atoms with Crippen LogP contribution in [0.3, 0.4) is 0 Å². The Bertz CT molecular complexity index is 962. The first-order valence-corrected chi connectivity index (χ1v) is 11.4. The molecule has 1 aliphatic carbocycles. The Morgan fingerprint density at radius 2 is 1.94 bits per heavy atom. The molecule has 4 rings (SSSR count). The van der Waals surface area contributed by atoms with Gasteiger partial charge in [0.15, 0.2) is 11.6 Å². The van der Waals surface area contributed by atoms with Crippen molar-refractivity contribution in [1.29, 1.82) is 0 Å². The van der Waals surface area contributed by atoms with Crippen LogP contribution in [-0.2, 0) is 4.74 Å². The number of ether oxygens (including phenoxy) is 1. The van der Waals surface area contributed by atoms with E-state index < -0.39 is 5.60 Å². The number of benzene rings is 1. The quantitative estimate of drug-likeness (QED) is 0.643. The number of halogens is 1. The molecule has 2 atom stereocenters. The number of carbonyl (C=O) groups is 1. The van der Waals surface area contributed by atoms with Crippen LogP contribution >= 0.6 is 15.9 Å². The van der Waals surface area contributed by atoms with Gasteiger partial charge < -0.3 is 14.5 Å². The number of nitrogens with zero attached hydrogens (tertiary/aromatic N) is 5. The molecule has 166 valence electrons. The molecule has 1 spiro atoms. The van der Waals surface area contributed by atoms with Gasteiger partial charge in [0.2, 0.25) is 0 Å². The van der Waals surface area contributed by atoms with E-state index in [0.717, 1.165) is 18.1 Å². The van der Waals surface area contributed by atoms with Crippen LogP contribution in [0, 0.1) is 0 Å². The third-order valence-electron chi connectivity index (χ3n) is 5.89. The highest BCUT2D eigenvalue weighted by molar-refractivity contribution is 9.10. The molecule has 2 aliphatic rings. The summed E-state index contributed by atoms with van der Waals surface area (Å²) in [6.07, 6.45) is 2.39. The Hall–Kier alpha value is -2.35. The molecule has 1 amide bonds. The number of hydrogen-bond acceptors (Lipinski definition) is 6. The first-order chi connectivity index (χ1) is 14.6. The van der Waals surface area contributed by atoms with Crippen LogP contribution in [0.25, 0.3) is 0 Å². The van der Waals surface area contributed by atoms with Crippen molar-refractivity contribution in [2.24, 2.45) is 0 Å². The fourth-order valence-electron chi connectivity index (χ4n) is 4.47. The van der Waals surface area contributed by atoms with Gasteiger partial charge in [-0.2, -0.15) is 0 Å². The summed E-state index contributed by atoms with van der Waals surface area (Å²) in [6, 6.07) is 10.4. The largest absolute Gasteiger partial charge is 0.444 e. The van der Waals surface area contributed by atoms with Crippen molar-refractivity contribution < 1.29 is 9.53 Å². The van der Waals surface area contributed by atoms with E-state index in [4.69, 9.17) is 9.72 Å².